The van der Waals surface area contributed by atoms with Crippen LogP contribution in [0.25, 0.3) is 0 Å². The van der Waals surface area contributed by atoms with Crippen molar-refractivity contribution in [3.05, 3.63) is 17.5 Å². The number of ketones is 1. The Morgan fingerprint density at radius 2 is 2.21 bits per heavy atom. The monoisotopic (exact) mass is 262 g/mol. The third-order valence-electron chi connectivity index (χ3n) is 2.61. The van der Waals surface area contributed by atoms with E-state index in [1.54, 1.807) is 12.1 Å². The van der Waals surface area contributed by atoms with Crippen molar-refractivity contribution in [2.45, 2.75) is 33.1 Å². The van der Waals surface area contributed by atoms with E-state index in [1.807, 2.05) is 13.8 Å². The number of H-pyrrole nitrogens is 1. The zero-order valence-corrected chi connectivity index (χ0v) is 11.2. The Hall–Kier alpha value is -2.16. The minimum absolute atomic E-state index is 0.140. The summed E-state index contributed by atoms with van der Waals surface area (Å²) in [6.45, 7) is 4.36. The zero-order valence-electron chi connectivity index (χ0n) is 11.2. The molecule has 0 spiro atoms. The number of nitrogens with zero attached hydrogens (tertiary/aromatic N) is 2. The average Bonchev–Trinajstić information content (AvgIpc) is 2.86. The fourth-order valence-corrected chi connectivity index (χ4v) is 1.62. The molecule has 0 saturated heterocycles. The molecule has 0 radical (unpaired) electrons. The fraction of sp³-hybridized carbons (Fsp3) is 0.538. The van der Waals surface area contributed by atoms with E-state index in [1.165, 1.54) is 0 Å². The number of aryl methyl sites for hydroxylation is 1. The number of rotatable bonds is 7. The van der Waals surface area contributed by atoms with Gasteiger partial charge in [0.25, 0.3) is 0 Å². The minimum Gasteiger partial charge on any atom is -0.355 e. The molecule has 0 fully saturated rings. The van der Waals surface area contributed by atoms with Gasteiger partial charge in [0.2, 0.25) is 11.7 Å². The van der Waals surface area contributed by atoms with Gasteiger partial charge >= 0.3 is 0 Å². The van der Waals surface area contributed by atoms with Crippen LogP contribution in [0.4, 0.5) is 0 Å². The van der Waals surface area contributed by atoms with Gasteiger partial charge < -0.3 is 5.32 Å². The van der Waals surface area contributed by atoms with Crippen molar-refractivity contribution >= 4 is 11.7 Å². The Balaban J connectivity index is 2.77. The van der Waals surface area contributed by atoms with Gasteiger partial charge in [-0.2, -0.15) is 10.4 Å². The number of nitriles is 1. The largest absolute Gasteiger partial charge is 0.355 e. The molecule has 6 heteroatoms. The second kappa shape index (κ2) is 7.31. The van der Waals surface area contributed by atoms with Crippen LogP contribution >= 0.6 is 0 Å². The first kappa shape index (κ1) is 14.9. The van der Waals surface area contributed by atoms with Gasteiger partial charge in [0.15, 0.2) is 5.92 Å². The molecule has 102 valence electrons. The first-order chi connectivity index (χ1) is 9.13. The summed E-state index contributed by atoms with van der Waals surface area (Å²) in [4.78, 5) is 23.7. The topological polar surface area (TPSA) is 98.6 Å². The van der Waals surface area contributed by atoms with Gasteiger partial charge in [-0.15, -0.1) is 0 Å². The number of carbonyl (C=O) groups excluding carboxylic acids is 2. The molecule has 1 heterocycles. The van der Waals surface area contributed by atoms with E-state index in [0.29, 0.717) is 6.54 Å². The number of hydrogen-bond donors (Lipinski definition) is 2. The number of aromatic amines is 1. The Labute approximate surface area is 112 Å². The molecule has 1 rings (SSSR count). The fourth-order valence-electron chi connectivity index (χ4n) is 1.62. The summed E-state index contributed by atoms with van der Waals surface area (Å²) in [5.74, 6) is -2.45. The Morgan fingerprint density at radius 1 is 1.47 bits per heavy atom. The van der Waals surface area contributed by atoms with Crippen LogP contribution in [-0.4, -0.2) is 28.4 Å². The lowest BCUT2D eigenvalue weighted by molar-refractivity contribution is -0.122. The molecular weight excluding hydrogens is 244 g/mol. The number of nitrogens with one attached hydrogen (secondary N) is 2. The highest BCUT2D eigenvalue weighted by Crippen LogP contribution is 2.09. The van der Waals surface area contributed by atoms with Gasteiger partial charge in [-0.1, -0.05) is 20.3 Å². The summed E-state index contributed by atoms with van der Waals surface area (Å²) in [7, 11) is 0. The van der Waals surface area contributed by atoms with Gasteiger partial charge in [-0.05, 0) is 18.9 Å². The summed E-state index contributed by atoms with van der Waals surface area (Å²) in [6.07, 6.45) is 2.45. The molecular formula is C13H18N4O2. The molecule has 1 aromatic heterocycles. The SMILES string of the molecule is CCCNC(=O)C(C#N)C(=O)c1cc(CCC)[nH]n1. The van der Waals surface area contributed by atoms with E-state index in [4.69, 9.17) is 5.26 Å². The molecule has 1 unspecified atom stereocenters. The lowest BCUT2D eigenvalue weighted by atomic mass is 10.0. The molecule has 1 atom stereocenters. The maximum atomic E-state index is 12.0. The number of amides is 1. The van der Waals surface area contributed by atoms with E-state index in [2.05, 4.69) is 15.5 Å². The lowest BCUT2D eigenvalue weighted by Crippen LogP contribution is -2.35. The maximum Gasteiger partial charge on any atom is 0.245 e. The molecule has 1 amide bonds. The van der Waals surface area contributed by atoms with Crippen LogP contribution in [0, 0.1) is 17.2 Å². The zero-order chi connectivity index (χ0) is 14.3. The van der Waals surface area contributed by atoms with Crippen LogP contribution < -0.4 is 5.32 Å². The normalized spacial score (nSPS) is 11.6. The van der Waals surface area contributed by atoms with E-state index in [-0.39, 0.29) is 5.69 Å². The molecule has 0 aliphatic rings. The van der Waals surface area contributed by atoms with Crippen LogP contribution in [0.5, 0.6) is 0 Å². The van der Waals surface area contributed by atoms with Gasteiger partial charge in [0.1, 0.15) is 5.69 Å². The van der Waals surface area contributed by atoms with Gasteiger partial charge in [-0.25, -0.2) is 0 Å². The molecule has 0 aliphatic heterocycles. The van der Waals surface area contributed by atoms with Gasteiger partial charge in [0, 0.05) is 12.2 Å². The van der Waals surface area contributed by atoms with Crippen LogP contribution in [0.3, 0.4) is 0 Å². The minimum atomic E-state index is -1.33. The Morgan fingerprint density at radius 3 is 2.79 bits per heavy atom. The quantitative estimate of drug-likeness (QED) is 0.570. The van der Waals surface area contributed by atoms with E-state index in [0.717, 1.165) is 25.0 Å². The molecule has 0 saturated carbocycles. The van der Waals surface area contributed by atoms with Gasteiger partial charge in [-0.3, -0.25) is 14.7 Å². The van der Waals surface area contributed by atoms with Crippen molar-refractivity contribution in [1.29, 1.82) is 5.26 Å². The summed E-state index contributed by atoms with van der Waals surface area (Å²) in [6, 6.07) is 3.34. The second-order valence-electron chi connectivity index (χ2n) is 4.25. The molecule has 2 N–H and O–H groups in total. The highest BCUT2D eigenvalue weighted by atomic mass is 16.2. The Bertz CT molecular complexity index is 487. The number of aromatic nitrogens is 2. The summed E-state index contributed by atoms with van der Waals surface area (Å²) >= 11 is 0. The van der Waals surface area contributed by atoms with E-state index >= 15 is 0 Å². The first-order valence-electron chi connectivity index (χ1n) is 6.39. The molecule has 0 aromatic carbocycles. The van der Waals surface area contributed by atoms with Crippen LogP contribution in [-0.2, 0) is 11.2 Å². The van der Waals surface area contributed by atoms with Crippen LogP contribution in [0.2, 0.25) is 0 Å². The predicted molar refractivity (Wildman–Crippen MR) is 69.3 cm³/mol. The van der Waals surface area contributed by atoms with Crippen molar-refractivity contribution in [1.82, 2.24) is 15.5 Å². The smallest absolute Gasteiger partial charge is 0.245 e. The van der Waals surface area contributed by atoms with Crippen molar-refractivity contribution in [3.8, 4) is 6.07 Å². The standard InChI is InChI=1S/C13H18N4O2/c1-3-5-9-7-11(17-16-9)12(18)10(8-14)13(19)15-6-4-2/h7,10H,3-6H2,1-2H3,(H,15,19)(H,16,17). The van der Waals surface area contributed by atoms with Crippen molar-refractivity contribution in [2.24, 2.45) is 5.92 Å². The summed E-state index contributed by atoms with van der Waals surface area (Å²) < 4.78 is 0. The third kappa shape index (κ3) is 3.91. The summed E-state index contributed by atoms with van der Waals surface area (Å²) in [5, 5.41) is 18.1. The van der Waals surface area contributed by atoms with Crippen molar-refractivity contribution < 1.29 is 9.59 Å². The Kier molecular flexibility index (Phi) is 5.73. The third-order valence-corrected chi connectivity index (χ3v) is 2.61. The molecule has 0 aliphatic carbocycles. The van der Waals surface area contributed by atoms with Crippen molar-refractivity contribution in [2.75, 3.05) is 6.54 Å². The molecule has 1 aromatic rings. The van der Waals surface area contributed by atoms with Gasteiger partial charge in [0.05, 0.1) is 6.07 Å². The maximum absolute atomic E-state index is 12.0. The molecule has 0 bridgehead atoms. The highest BCUT2D eigenvalue weighted by molar-refractivity contribution is 6.11. The highest BCUT2D eigenvalue weighted by Gasteiger charge is 2.28. The first-order valence-corrected chi connectivity index (χ1v) is 6.39. The lowest BCUT2D eigenvalue weighted by Gasteiger charge is -2.06. The molecule has 6 nitrogen and oxygen atoms in total. The average molecular weight is 262 g/mol. The number of carbonyl (C=O) groups is 2. The van der Waals surface area contributed by atoms with Crippen LogP contribution in [0.1, 0.15) is 42.9 Å². The number of Topliss-reactive ketones (excluding diaryl/α,β-unsaturated/α-hetero) is 1. The molecule has 19 heavy (non-hydrogen) atoms. The van der Waals surface area contributed by atoms with E-state index in [9.17, 15) is 9.59 Å². The predicted octanol–water partition coefficient (Wildman–Crippen LogP) is 1.21. The van der Waals surface area contributed by atoms with Crippen LogP contribution in [0.15, 0.2) is 6.07 Å². The summed E-state index contributed by atoms with van der Waals surface area (Å²) in [5.41, 5.74) is 0.971. The van der Waals surface area contributed by atoms with Crippen molar-refractivity contribution in [3.63, 3.8) is 0 Å². The van der Waals surface area contributed by atoms with E-state index < -0.39 is 17.6 Å². The number of hydrogen-bond acceptors (Lipinski definition) is 4. The second-order valence-corrected chi connectivity index (χ2v) is 4.25.